The van der Waals surface area contributed by atoms with E-state index in [1.54, 1.807) is 0 Å². The van der Waals surface area contributed by atoms with Gasteiger partial charge in [0.1, 0.15) is 0 Å². The van der Waals surface area contributed by atoms with Crippen molar-refractivity contribution in [2.45, 2.75) is 53.0 Å². The second kappa shape index (κ2) is 5.52. The Kier molecular flexibility index (Phi) is 4.84. The van der Waals surface area contributed by atoms with E-state index in [0.29, 0.717) is 5.92 Å². The summed E-state index contributed by atoms with van der Waals surface area (Å²) in [5.41, 5.74) is 0.132. The Bertz CT molecular complexity index is 243. The maximum absolute atomic E-state index is 12.0. The molecule has 0 aromatic rings. The minimum absolute atomic E-state index is 0.132. The van der Waals surface area contributed by atoms with Gasteiger partial charge in [0.05, 0.1) is 0 Å². The Morgan fingerprint density at radius 3 is 2.38 bits per heavy atom. The predicted octanol–water partition coefficient (Wildman–Crippen LogP) is 3.35. The lowest BCUT2D eigenvalue weighted by molar-refractivity contribution is -0.126. The van der Waals surface area contributed by atoms with Crippen LogP contribution in [0.1, 0.15) is 47.0 Å². The molecule has 16 heavy (non-hydrogen) atoms. The molecule has 0 spiro atoms. The van der Waals surface area contributed by atoms with Gasteiger partial charge in [0.2, 0.25) is 5.91 Å². The highest BCUT2D eigenvalue weighted by Gasteiger charge is 2.34. The summed E-state index contributed by atoms with van der Waals surface area (Å²) in [4.78, 5) is 12.0. The monoisotopic (exact) mass is 289 g/mol. The van der Waals surface area contributed by atoms with Crippen LogP contribution in [0.4, 0.5) is 0 Å². The van der Waals surface area contributed by atoms with E-state index in [4.69, 9.17) is 0 Å². The van der Waals surface area contributed by atoms with E-state index in [9.17, 15) is 4.79 Å². The molecule has 1 aliphatic rings. The number of hydrogen-bond acceptors (Lipinski definition) is 1. The summed E-state index contributed by atoms with van der Waals surface area (Å²) >= 11 is 3.46. The molecule has 0 heterocycles. The third kappa shape index (κ3) is 4.08. The maximum Gasteiger partial charge on any atom is 0.223 e. The third-order valence-electron chi connectivity index (χ3n) is 3.50. The van der Waals surface area contributed by atoms with Crippen molar-refractivity contribution < 1.29 is 4.79 Å². The lowest BCUT2D eigenvalue weighted by Crippen LogP contribution is -2.46. The van der Waals surface area contributed by atoms with Crippen LogP contribution in [-0.2, 0) is 4.79 Å². The standard InChI is InChI=1S/C13H24BrNO/c1-9(10-5-6-10)12(16)15-11(7-8-14)13(2,3)4/h9-11H,5-8H2,1-4H3,(H,15,16). The number of halogens is 1. The summed E-state index contributed by atoms with van der Waals surface area (Å²) < 4.78 is 0. The van der Waals surface area contributed by atoms with E-state index in [1.165, 1.54) is 12.8 Å². The van der Waals surface area contributed by atoms with Crippen molar-refractivity contribution in [2.75, 3.05) is 5.33 Å². The fraction of sp³-hybridized carbons (Fsp3) is 0.923. The van der Waals surface area contributed by atoms with Crippen LogP contribution in [0.3, 0.4) is 0 Å². The van der Waals surface area contributed by atoms with Crippen LogP contribution in [-0.4, -0.2) is 17.3 Å². The smallest absolute Gasteiger partial charge is 0.223 e. The topological polar surface area (TPSA) is 29.1 Å². The SMILES string of the molecule is CC(C(=O)NC(CCBr)C(C)(C)C)C1CC1. The van der Waals surface area contributed by atoms with Crippen molar-refractivity contribution in [1.29, 1.82) is 0 Å². The van der Waals surface area contributed by atoms with Crippen LogP contribution in [0.15, 0.2) is 0 Å². The predicted molar refractivity (Wildman–Crippen MR) is 71.7 cm³/mol. The molecule has 1 N–H and O–H groups in total. The number of nitrogens with one attached hydrogen (secondary N) is 1. The molecule has 0 aromatic carbocycles. The van der Waals surface area contributed by atoms with E-state index >= 15 is 0 Å². The van der Waals surface area contributed by atoms with Crippen molar-refractivity contribution in [3.8, 4) is 0 Å². The molecule has 2 atom stereocenters. The summed E-state index contributed by atoms with van der Waals surface area (Å²) in [6.07, 6.45) is 3.45. The molecule has 1 fully saturated rings. The van der Waals surface area contributed by atoms with Gasteiger partial charge in [-0.3, -0.25) is 4.79 Å². The van der Waals surface area contributed by atoms with Gasteiger partial charge in [-0.2, -0.15) is 0 Å². The van der Waals surface area contributed by atoms with Gasteiger partial charge in [-0.05, 0) is 30.6 Å². The molecule has 94 valence electrons. The summed E-state index contributed by atoms with van der Waals surface area (Å²) in [5, 5.41) is 4.15. The Morgan fingerprint density at radius 1 is 1.44 bits per heavy atom. The highest BCUT2D eigenvalue weighted by molar-refractivity contribution is 9.09. The summed E-state index contributed by atoms with van der Waals surface area (Å²) in [6.45, 7) is 8.61. The zero-order chi connectivity index (χ0) is 12.3. The van der Waals surface area contributed by atoms with E-state index in [2.05, 4.69) is 48.9 Å². The summed E-state index contributed by atoms with van der Waals surface area (Å²) in [7, 11) is 0. The highest BCUT2D eigenvalue weighted by Crippen LogP contribution is 2.37. The minimum Gasteiger partial charge on any atom is -0.353 e. The van der Waals surface area contributed by atoms with Gasteiger partial charge in [-0.1, -0.05) is 43.6 Å². The first kappa shape index (κ1) is 14.0. The van der Waals surface area contributed by atoms with Gasteiger partial charge in [0.25, 0.3) is 0 Å². The van der Waals surface area contributed by atoms with Crippen LogP contribution in [0.5, 0.6) is 0 Å². The average molecular weight is 290 g/mol. The largest absolute Gasteiger partial charge is 0.353 e. The van der Waals surface area contributed by atoms with Gasteiger partial charge in [0.15, 0.2) is 0 Å². The summed E-state index contributed by atoms with van der Waals surface area (Å²) in [5.74, 6) is 1.08. The normalized spacial score (nSPS) is 20.3. The van der Waals surface area contributed by atoms with Crippen molar-refractivity contribution in [1.82, 2.24) is 5.32 Å². The average Bonchev–Trinajstić information content (AvgIpc) is 2.97. The van der Waals surface area contributed by atoms with Gasteiger partial charge >= 0.3 is 0 Å². The van der Waals surface area contributed by atoms with Crippen LogP contribution in [0.25, 0.3) is 0 Å². The number of carbonyl (C=O) groups is 1. The number of alkyl halides is 1. The summed E-state index contributed by atoms with van der Waals surface area (Å²) in [6, 6.07) is 0.264. The first-order chi connectivity index (χ1) is 7.36. The Balaban J connectivity index is 2.50. The zero-order valence-corrected chi connectivity index (χ0v) is 12.4. The molecule has 0 saturated heterocycles. The van der Waals surface area contributed by atoms with Crippen molar-refractivity contribution in [2.24, 2.45) is 17.3 Å². The minimum atomic E-state index is 0.132. The van der Waals surface area contributed by atoms with Crippen LogP contribution >= 0.6 is 15.9 Å². The second-order valence-corrected chi connectivity index (χ2v) is 6.82. The molecule has 3 heteroatoms. The maximum atomic E-state index is 12.0. The number of hydrogen-bond donors (Lipinski definition) is 1. The molecule has 0 radical (unpaired) electrons. The molecule has 0 bridgehead atoms. The molecule has 1 aliphatic carbocycles. The van der Waals surface area contributed by atoms with Gasteiger partial charge in [0, 0.05) is 17.3 Å². The lowest BCUT2D eigenvalue weighted by atomic mass is 9.84. The molecule has 1 amide bonds. The number of carbonyl (C=O) groups excluding carboxylic acids is 1. The fourth-order valence-electron chi connectivity index (χ4n) is 1.94. The second-order valence-electron chi connectivity index (χ2n) is 6.03. The zero-order valence-electron chi connectivity index (χ0n) is 10.8. The molecule has 0 aromatic heterocycles. The molecule has 1 saturated carbocycles. The van der Waals surface area contributed by atoms with E-state index in [1.807, 2.05) is 0 Å². The Labute approximate surface area is 108 Å². The molecular formula is C13H24BrNO. The lowest BCUT2D eigenvalue weighted by Gasteiger charge is -2.32. The van der Waals surface area contributed by atoms with Crippen molar-refractivity contribution >= 4 is 21.8 Å². The van der Waals surface area contributed by atoms with Crippen molar-refractivity contribution in [3.63, 3.8) is 0 Å². The Morgan fingerprint density at radius 2 is 2.00 bits per heavy atom. The van der Waals surface area contributed by atoms with E-state index in [-0.39, 0.29) is 23.3 Å². The first-order valence-electron chi connectivity index (χ1n) is 6.22. The quantitative estimate of drug-likeness (QED) is 0.773. The Hall–Kier alpha value is -0.0500. The molecule has 1 rings (SSSR count). The van der Waals surface area contributed by atoms with Crippen molar-refractivity contribution in [3.05, 3.63) is 0 Å². The third-order valence-corrected chi connectivity index (χ3v) is 3.96. The molecule has 2 unspecified atom stereocenters. The molecule has 2 nitrogen and oxygen atoms in total. The van der Waals surface area contributed by atoms with Gasteiger partial charge < -0.3 is 5.32 Å². The number of rotatable bonds is 5. The first-order valence-corrected chi connectivity index (χ1v) is 7.34. The van der Waals surface area contributed by atoms with Crippen LogP contribution in [0, 0.1) is 17.3 Å². The van der Waals surface area contributed by atoms with Crippen LogP contribution < -0.4 is 5.32 Å². The highest BCUT2D eigenvalue weighted by atomic mass is 79.9. The van der Waals surface area contributed by atoms with E-state index in [0.717, 1.165) is 11.8 Å². The van der Waals surface area contributed by atoms with E-state index < -0.39 is 0 Å². The van der Waals surface area contributed by atoms with Gasteiger partial charge in [-0.15, -0.1) is 0 Å². The van der Waals surface area contributed by atoms with Crippen LogP contribution in [0.2, 0.25) is 0 Å². The fourth-order valence-corrected chi connectivity index (χ4v) is 2.40. The van der Waals surface area contributed by atoms with Gasteiger partial charge in [-0.25, -0.2) is 0 Å². The molecule has 0 aliphatic heterocycles. The number of amides is 1. The molecular weight excluding hydrogens is 266 g/mol.